The van der Waals surface area contributed by atoms with Crippen molar-refractivity contribution in [1.82, 2.24) is 9.78 Å². The van der Waals surface area contributed by atoms with Crippen LogP contribution in [-0.4, -0.2) is 9.78 Å². The summed E-state index contributed by atoms with van der Waals surface area (Å²) in [7, 11) is 1.96. The second-order valence-corrected chi connectivity index (χ2v) is 5.73. The molecule has 1 aromatic heterocycles. The Labute approximate surface area is 127 Å². The third kappa shape index (κ3) is 3.12. The molecule has 0 radical (unpaired) electrons. The Kier molecular flexibility index (Phi) is 4.53. The lowest BCUT2D eigenvalue weighted by atomic mass is 10.2. The first-order valence-electron chi connectivity index (χ1n) is 6.23. The fourth-order valence-electron chi connectivity index (χ4n) is 1.98. The highest BCUT2D eigenvalue weighted by molar-refractivity contribution is 9.10. The molecule has 0 aliphatic heterocycles. The molecule has 5 heteroatoms. The van der Waals surface area contributed by atoms with Crippen molar-refractivity contribution in [3.8, 4) is 0 Å². The highest BCUT2D eigenvalue weighted by Crippen LogP contribution is 2.24. The van der Waals surface area contributed by atoms with Gasteiger partial charge in [-0.05, 0) is 47.0 Å². The van der Waals surface area contributed by atoms with E-state index in [-0.39, 0.29) is 0 Å². The molecule has 0 amide bonds. The van der Waals surface area contributed by atoms with E-state index in [1.807, 2.05) is 29.9 Å². The summed E-state index contributed by atoms with van der Waals surface area (Å²) in [5.74, 6) is 0. The van der Waals surface area contributed by atoms with Crippen LogP contribution in [0.25, 0.3) is 0 Å². The molecule has 1 heterocycles. The van der Waals surface area contributed by atoms with Gasteiger partial charge in [0.1, 0.15) is 0 Å². The quantitative estimate of drug-likeness (QED) is 0.897. The lowest BCUT2D eigenvalue weighted by molar-refractivity contribution is 0.706. The maximum absolute atomic E-state index is 6.02. The van der Waals surface area contributed by atoms with Gasteiger partial charge in [-0.3, -0.25) is 4.68 Å². The first-order chi connectivity index (χ1) is 9.02. The topological polar surface area (TPSA) is 29.9 Å². The van der Waals surface area contributed by atoms with E-state index in [9.17, 15) is 0 Å². The van der Waals surface area contributed by atoms with Crippen molar-refractivity contribution >= 4 is 33.2 Å². The van der Waals surface area contributed by atoms with Gasteiger partial charge in [-0.1, -0.05) is 24.6 Å². The van der Waals surface area contributed by atoms with Crippen LogP contribution in [0.3, 0.4) is 0 Å². The standard InChI is InChI=1S/C14H17BrClN3/c1-4-11-14(15)13(19(3)18-11)8-17-12-7-10(16)6-5-9(12)2/h5-7,17H,4,8H2,1-3H3. The number of aryl methyl sites for hydroxylation is 3. The second-order valence-electron chi connectivity index (χ2n) is 4.50. The molecule has 0 saturated carbocycles. The number of anilines is 1. The fraction of sp³-hybridized carbons (Fsp3) is 0.357. The highest BCUT2D eigenvalue weighted by atomic mass is 79.9. The zero-order valence-corrected chi connectivity index (χ0v) is 13.6. The second kappa shape index (κ2) is 5.97. The van der Waals surface area contributed by atoms with Gasteiger partial charge in [-0.2, -0.15) is 5.10 Å². The van der Waals surface area contributed by atoms with Crippen LogP contribution in [0.2, 0.25) is 5.02 Å². The Morgan fingerprint density at radius 2 is 2.16 bits per heavy atom. The molecular weight excluding hydrogens is 326 g/mol. The fourth-order valence-corrected chi connectivity index (χ4v) is 2.90. The van der Waals surface area contributed by atoms with Crippen molar-refractivity contribution in [1.29, 1.82) is 0 Å². The molecule has 19 heavy (non-hydrogen) atoms. The van der Waals surface area contributed by atoms with Gasteiger partial charge in [-0.15, -0.1) is 0 Å². The highest BCUT2D eigenvalue weighted by Gasteiger charge is 2.12. The molecule has 3 nitrogen and oxygen atoms in total. The molecular formula is C14H17BrClN3. The summed E-state index contributed by atoms with van der Waals surface area (Å²) in [4.78, 5) is 0. The minimum Gasteiger partial charge on any atom is -0.379 e. The molecule has 0 saturated heterocycles. The molecule has 1 aromatic carbocycles. The molecule has 2 rings (SSSR count). The normalized spacial score (nSPS) is 10.8. The number of hydrogen-bond acceptors (Lipinski definition) is 2. The van der Waals surface area contributed by atoms with Gasteiger partial charge < -0.3 is 5.32 Å². The maximum atomic E-state index is 6.02. The van der Waals surface area contributed by atoms with Crippen molar-refractivity contribution < 1.29 is 0 Å². The van der Waals surface area contributed by atoms with Crippen LogP contribution in [0.1, 0.15) is 23.9 Å². The first kappa shape index (κ1) is 14.4. The SMILES string of the molecule is CCc1nn(C)c(CNc2cc(Cl)ccc2C)c1Br. The van der Waals surface area contributed by atoms with Gasteiger partial charge in [0, 0.05) is 17.8 Å². The van der Waals surface area contributed by atoms with E-state index in [1.54, 1.807) is 0 Å². The van der Waals surface area contributed by atoms with Crippen molar-refractivity contribution in [3.63, 3.8) is 0 Å². The van der Waals surface area contributed by atoms with E-state index in [0.29, 0.717) is 6.54 Å². The number of nitrogens with zero attached hydrogens (tertiary/aromatic N) is 2. The van der Waals surface area contributed by atoms with Gasteiger partial charge in [-0.25, -0.2) is 0 Å². The molecule has 102 valence electrons. The number of benzene rings is 1. The Morgan fingerprint density at radius 1 is 1.42 bits per heavy atom. The molecule has 0 unspecified atom stereocenters. The third-order valence-corrected chi connectivity index (χ3v) is 4.30. The van der Waals surface area contributed by atoms with Crippen LogP contribution in [0.15, 0.2) is 22.7 Å². The lowest BCUT2D eigenvalue weighted by Crippen LogP contribution is -2.06. The van der Waals surface area contributed by atoms with Crippen LogP contribution >= 0.6 is 27.5 Å². The van der Waals surface area contributed by atoms with Crippen molar-refractivity contribution in [2.24, 2.45) is 7.05 Å². The molecule has 0 atom stereocenters. The molecule has 0 aliphatic carbocycles. The predicted molar refractivity (Wildman–Crippen MR) is 83.8 cm³/mol. The van der Waals surface area contributed by atoms with E-state index in [2.05, 4.69) is 40.2 Å². The van der Waals surface area contributed by atoms with E-state index < -0.39 is 0 Å². The summed E-state index contributed by atoms with van der Waals surface area (Å²) in [6.07, 6.45) is 0.921. The summed E-state index contributed by atoms with van der Waals surface area (Å²) in [6, 6.07) is 5.86. The summed E-state index contributed by atoms with van der Waals surface area (Å²) >= 11 is 9.64. The number of halogens is 2. The third-order valence-electron chi connectivity index (χ3n) is 3.15. The van der Waals surface area contributed by atoms with E-state index >= 15 is 0 Å². The minimum atomic E-state index is 0.714. The van der Waals surface area contributed by atoms with Gasteiger partial charge in [0.15, 0.2) is 0 Å². The number of nitrogens with one attached hydrogen (secondary N) is 1. The first-order valence-corrected chi connectivity index (χ1v) is 7.40. The molecule has 0 aliphatic rings. The Hall–Kier alpha value is -1.000. The number of hydrogen-bond donors (Lipinski definition) is 1. The molecule has 0 fully saturated rings. The van der Waals surface area contributed by atoms with Crippen LogP contribution in [0.4, 0.5) is 5.69 Å². The Morgan fingerprint density at radius 3 is 2.79 bits per heavy atom. The van der Waals surface area contributed by atoms with Crippen LogP contribution in [-0.2, 0) is 20.0 Å². The van der Waals surface area contributed by atoms with Crippen molar-refractivity contribution in [2.75, 3.05) is 5.32 Å². The van der Waals surface area contributed by atoms with Gasteiger partial charge in [0.25, 0.3) is 0 Å². The smallest absolute Gasteiger partial charge is 0.0767 e. The van der Waals surface area contributed by atoms with Crippen molar-refractivity contribution in [3.05, 3.63) is 44.6 Å². The maximum Gasteiger partial charge on any atom is 0.0767 e. The minimum absolute atomic E-state index is 0.714. The predicted octanol–water partition coefficient (Wildman–Crippen LogP) is 4.32. The van der Waals surface area contributed by atoms with Crippen LogP contribution in [0.5, 0.6) is 0 Å². The van der Waals surface area contributed by atoms with E-state index in [0.717, 1.165) is 33.0 Å². The lowest BCUT2D eigenvalue weighted by Gasteiger charge is -2.10. The molecule has 2 aromatic rings. The van der Waals surface area contributed by atoms with Gasteiger partial charge in [0.05, 0.1) is 22.4 Å². The largest absolute Gasteiger partial charge is 0.379 e. The van der Waals surface area contributed by atoms with Crippen molar-refractivity contribution in [2.45, 2.75) is 26.8 Å². The van der Waals surface area contributed by atoms with Crippen LogP contribution < -0.4 is 5.32 Å². The monoisotopic (exact) mass is 341 g/mol. The molecule has 0 spiro atoms. The molecule has 0 bridgehead atoms. The number of aromatic nitrogens is 2. The van der Waals surface area contributed by atoms with Gasteiger partial charge >= 0.3 is 0 Å². The van der Waals surface area contributed by atoms with Crippen LogP contribution in [0, 0.1) is 6.92 Å². The van der Waals surface area contributed by atoms with Gasteiger partial charge in [0.2, 0.25) is 0 Å². The summed E-state index contributed by atoms with van der Waals surface area (Å²) < 4.78 is 3.00. The average molecular weight is 343 g/mol. The summed E-state index contributed by atoms with van der Waals surface area (Å²) in [6.45, 7) is 4.88. The number of rotatable bonds is 4. The molecule has 1 N–H and O–H groups in total. The Balaban J connectivity index is 2.19. The van der Waals surface area contributed by atoms with E-state index in [1.165, 1.54) is 5.56 Å². The van der Waals surface area contributed by atoms with E-state index in [4.69, 9.17) is 11.6 Å². The zero-order valence-electron chi connectivity index (χ0n) is 11.3. The Bertz CT molecular complexity index is 593. The zero-order chi connectivity index (χ0) is 14.0. The summed E-state index contributed by atoms with van der Waals surface area (Å²) in [5, 5.41) is 8.64. The summed E-state index contributed by atoms with van der Waals surface area (Å²) in [5.41, 5.74) is 4.45. The average Bonchev–Trinajstić information content (AvgIpc) is 2.66.